The number of hydrogen-bond donors (Lipinski definition) is 2. The smallest absolute Gasteiger partial charge is 0.251 e. The number of aromatic nitrogens is 3. The molecule has 0 bridgehead atoms. The molecule has 2 aromatic rings. The van der Waals surface area contributed by atoms with Crippen molar-refractivity contribution in [1.29, 1.82) is 0 Å². The summed E-state index contributed by atoms with van der Waals surface area (Å²) >= 11 is 0. The van der Waals surface area contributed by atoms with Crippen LogP contribution in [-0.4, -0.2) is 21.0 Å². The number of nitrogens with zero attached hydrogens (tertiary/aromatic N) is 2. The van der Waals surface area contributed by atoms with Gasteiger partial charge in [0, 0.05) is 24.8 Å². The second kappa shape index (κ2) is 5.96. The van der Waals surface area contributed by atoms with Crippen LogP contribution in [0.5, 0.6) is 0 Å². The predicted molar refractivity (Wildman–Crippen MR) is 79.5 cm³/mol. The van der Waals surface area contributed by atoms with Crippen LogP contribution in [0.25, 0.3) is 11.5 Å². The second-order valence-electron chi connectivity index (χ2n) is 5.30. The lowest BCUT2D eigenvalue weighted by Crippen LogP contribution is -2.24. The lowest BCUT2D eigenvalue weighted by atomic mass is 10.1. The zero-order chi connectivity index (χ0) is 14.7. The van der Waals surface area contributed by atoms with E-state index in [0.29, 0.717) is 18.4 Å². The van der Waals surface area contributed by atoms with Gasteiger partial charge in [-0.05, 0) is 25.0 Å². The monoisotopic (exact) mass is 272 g/mol. The zero-order valence-corrected chi connectivity index (χ0v) is 12.3. The average molecular weight is 272 g/mol. The number of pyridine rings is 1. The molecular formula is C15H20N4O. The van der Waals surface area contributed by atoms with Gasteiger partial charge in [-0.1, -0.05) is 19.9 Å². The van der Waals surface area contributed by atoms with Gasteiger partial charge in [-0.25, -0.2) is 4.98 Å². The van der Waals surface area contributed by atoms with Crippen LogP contribution in [0.1, 0.15) is 30.7 Å². The van der Waals surface area contributed by atoms with Gasteiger partial charge in [0.25, 0.3) is 5.56 Å². The molecule has 0 spiro atoms. The van der Waals surface area contributed by atoms with Gasteiger partial charge in [0.2, 0.25) is 0 Å². The molecule has 20 heavy (non-hydrogen) atoms. The maximum absolute atomic E-state index is 11.8. The molecule has 2 N–H and O–H groups in total. The molecule has 5 nitrogen and oxygen atoms in total. The molecule has 2 rings (SSSR count). The Kier molecular flexibility index (Phi) is 4.29. The first kappa shape index (κ1) is 14.4. The fraction of sp³-hybridized carbons (Fsp3) is 0.400. The van der Waals surface area contributed by atoms with E-state index in [1.165, 1.54) is 6.07 Å². The summed E-state index contributed by atoms with van der Waals surface area (Å²) in [6.07, 6.45) is 1.78. The number of rotatable bonds is 4. The molecule has 0 unspecified atom stereocenters. The fourth-order valence-electron chi connectivity index (χ4n) is 1.98. The number of nitrogens with one attached hydrogen (secondary N) is 2. The van der Waals surface area contributed by atoms with Crippen LogP contribution in [0.15, 0.2) is 23.1 Å². The molecule has 0 amide bonds. The van der Waals surface area contributed by atoms with E-state index >= 15 is 0 Å². The fourth-order valence-corrected chi connectivity index (χ4v) is 1.98. The Morgan fingerprint density at radius 2 is 2.05 bits per heavy atom. The van der Waals surface area contributed by atoms with E-state index in [4.69, 9.17) is 0 Å². The molecule has 0 fully saturated rings. The molecule has 0 aliphatic carbocycles. The van der Waals surface area contributed by atoms with Crippen molar-refractivity contribution in [1.82, 2.24) is 20.3 Å². The molecule has 0 saturated heterocycles. The molecule has 106 valence electrons. The van der Waals surface area contributed by atoms with Crippen LogP contribution in [-0.2, 0) is 6.54 Å². The highest BCUT2D eigenvalue weighted by molar-refractivity contribution is 5.54. The minimum atomic E-state index is -0.155. The minimum absolute atomic E-state index is 0.155. The SMILES string of the molecule is Cc1cnc(-c2nc(CNC(C)C)cc(=O)[nH]2)c(C)c1. The normalized spacial score (nSPS) is 11.1. The summed E-state index contributed by atoms with van der Waals surface area (Å²) in [6.45, 7) is 8.64. The summed E-state index contributed by atoms with van der Waals surface area (Å²) in [4.78, 5) is 23.4. The van der Waals surface area contributed by atoms with Crippen molar-refractivity contribution in [3.63, 3.8) is 0 Å². The zero-order valence-electron chi connectivity index (χ0n) is 12.3. The average Bonchev–Trinajstić information content (AvgIpc) is 2.35. The molecule has 2 aromatic heterocycles. The van der Waals surface area contributed by atoms with Crippen LogP contribution in [0.4, 0.5) is 0 Å². The van der Waals surface area contributed by atoms with Crippen molar-refractivity contribution in [2.24, 2.45) is 0 Å². The third-order valence-electron chi connectivity index (χ3n) is 2.93. The minimum Gasteiger partial charge on any atom is -0.309 e. The molecule has 0 saturated carbocycles. The highest BCUT2D eigenvalue weighted by Crippen LogP contribution is 2.16. The van der Waals surface area contributed by atoms with E-state index < -0.39 is 0 Å². The van der Waals surface area contributed by atoms with Crippen LogP contribution in [0, 0.1) is 13.8 Å². The number of hydrogen-bond acceptors (Lipinski definition) is 4. The summed E-state index contributed by atoms with van der Waals surface area (Å²) in [5.41, 5.74) is 3.38. The third kappa shape index (κ3) is 3.51. The molecule has 0 atom stereocenters. The van der Waals surface area contributed by atoms with Gasteiger partial charge in [-0.2, -0.15) is 0 Å². The predicted octanol–water partition coefficient (Wildman–Crippen LogP) is 1.95. The first-order valence-corrected chi connectivity index (χ1v) is 6.73. The molecule has 0 aliphatic heterocycles. The highest BCUT2D eigenvalue weighted by Gasteiger charge is 2.09. The Balaban J connectivity index is 2.39. The van der Waals surface area contributed by atoms with Crippen molar-refractivity contribution >= 4 is 0 Å². The van der Waals surface area contributed by atoms with Gasteiger partial charge in [0.05, 0.1) is 5.69 Å². The van der Waals surface area contributed by atoms with Gasteiger partial charge in [0.15, 0.2) is 5.82 Å². The Bertz CT molecular complexity index is 661. The van der Waals surface area contributed by atoms with E-state index in [2.05, 4.69) is 34.1 Å². The topological polar surface area (TPSA) is 70.7 Å². The molecule has 0 aromatic carbocycles. The van der Waals surface area contributed by atoms with Gasteiger partial charge < -0.3 is 10.3 Å². The summed E-state index contributed by atoms with van der Waals surface area (Å²) in [5, 5.41) is 3.26. The summed E-state index contributed by atoms with van der Waals surface area (Å²) < 4.78 is 0. The van der Waals surface area contributed by atoms with Crippen LogP contribution in [0.3, 0.4) is 0 Å². The highest BCUT2D eigenvalue weighted by atomic mass is 16.1. The molecular weight excluding hydrogens is 252 g/mol. The van der Waals surface area contributed by atoms with Crippen LogP contribution in [0.2, 0.25) is 0 Å². The number of aryl methyl sites for hydroxylation is 2. The van der Waals surface area contributed by atoms with Crippen molar-refractivity contribution in [2.75, 3.05) is 0 Å². The van der Waals surface area contributed by atoms with Gasteiger partial charge in [-0.15, -0.1) is 0 Å². The number of aromatic amines is 1. The van der Waals surface area contributed by atoms with E-state index in [0.717, 1.165) is 22.5 Å². The molecule has 0 aliphatic rings. The largest absolute Gasteiger partial charge is 0.309 e. The van der Waals surface area contributed by atoms with E-state index in [9.17, 15) is 4.79 Å². The van der Waals surface area contributed by atoms with E-state index in [1.54, 1.807) is 6.20 Å². The van der Waals surface area contributed by atoms with Crippen LogP contribution < -0.4 is 10.9 Å². The van der Waals surface area contributed by atoms with Gasteiger partial charge in [-0.3, -0.25) is 9.78 Å². The van der Waals surface area contributed by atoms with E-state index in [-0.39, 0.29) is 5.56 Å². The Morgan fingerprint density at radius 3 is 2.70 bits per heavy atom. The quantitative estimate of drug-likeness (QED) is 0.892. The first-order valence-electron chi connectivity index (χ1n) is 6.73. The van der Waals surface area contributed by atoms with E-state index in [1.807, 2.05) is 19.9 Å². The number of H-pyrrole nitrogens is 1. The summed E-state index contributed by atoms with van der Waals surface area (Å²) in [5.74, 6) is 0.524. The Morgan fingerprint density at radius 1 is 1.30 bits per heavy atom. The summed E-state index contributed by atoms with van der Waals surface area (Å²) in [7, 11) is 0. The van der Waals surface area contributed by atoms with Crippen molar-refractivity contribution in [2.45, 2.75) is 40.3 Å². The Labute approximate surface area is 118 Å². The van der Waals surface area contributed by atoms with Crippen LogP contribution >= 0.6 is 0 Å². The third-order valence-corrected chi connectivity index (χ3v) is 2.93. The van der Waals surface area contributed by atoms with Crippen molar-refractivity contribution in [3.8, 4) is 11.5 Å². The first-order chi connectivity index (χ1) is 9.45. The van der Waals surface area contributed by atoms with Gasteiger partial charge in [0.1, 0.15) is 5.69 Å². The Hall–Kier alpha value is -2.01. The molecule has 5 heteroatoms. The molecule has 2 heterocycles. The second-order valence-corrected chi connectivity index (χ2v) is 5.30. The van der Waals surface area contributed by atoms with Crippen molar-refractivity contribution in [3.05, 3.63) is 45.5 Å². The lowest BCUT2D eigenvalue weighted by Gasteiger charge is -2.09. The maximum Gasteiger partial charge on any atom is 0.251 e. The molecule has 0 radical (unpaired) electrons. The summed E-state index contributed by atoms with van der Waals surface area (Å²) in [6, 6.07) is 3.89. The van der Waals surface area contributed by atoms with Gasteiger partial charge >= 0.3 is 0 Å². The lowest BCUT2D eigenvalue weighted by molar-refractivity contribution is 0.580. The standard InChI is InChI=1S/C15H20N4O/c1-9(2)16-8-12-6-13(20)19-15(18-12)14-11(4)5-10(3)7-17-14/h5-7,9,16H,8H2,1-4H3,(H,18,19,20). The van der Waals surface area contributed by atoms with Crippen molar-refractivity contribution < 1.29 is 0 Å². The maximum atomic E-state index is 11.8.